The minimum Gasteiger partial charge on any atom is -0.337 e. The summed E-state index contributed by atoms with van der Waals surface area (Å²) in [5, 5.41) is 4.15. The SMILES string of the molecule is CCN(CCn1cccn1)C(=O)c1cnc(-c2cccnc2)nc1. The summed E-state index contributed by atoms with van der Waals surface area (Å²) in [4.78, 5) is 26.9. The Morgan fingerprint density at radius 2 is 2.00 bits per heavy atom. The molecular formula is C17H18N6O. The number of carbonyl (C=O) groups is 1. The Morgan fingerprint density at radius 1 is 1.17 bits per heavy atom. The van der Waals surface area contributed by atoms with E-state index in [0.29, 0.717) is 31.0 Å². The zero-order valence-corrected chi connectivity index (χ0v) is 13.4. The summed E-state index contributed by atoms with van der Waals surface area (Å²) in [6.45, 7) is 3.80. The maximum Gasteiger partial charge on any atom is 0.257 e. The molecule has 0 unspecified atom stereocenters. The minimum atomic E-state index is -0.0811. The number of pyridine rings is 1. The average molecular weight is 322 g/mol. The van der Waals surface area contributed by atoms with Gasteiger partial charge in [0.15, 0.2) is 5.82 Å². The maximum atomic E-state index is 12.6. The van der Waals surface area contributed by atoms with Gasteiger partial charge in [-0.25, -0.2) is 9.97 Å². The van der Waals surface area contributed by atoms with E-state index in [0.717, 1.165) is 5.56 Å². The molecular weight excluding hydrogens is 304 g/mol. The van der Waals surface area contributed by atoms with E-state index in [1.54, 1.807) is 40.6 Å². The molecule has 3 rings (SSSR count). The molecule has 0 radical (unpaired) electrons. The van der Waals surface area contributed by atoms with Gasteiger partial charge in [0, 0.05) is 55.8 Å². The molecule has 0 fully saturated rings. The average Bonchev–Trinajstić information content (AvgIpc) is 3.16. The van der Waals surface area contributed by atoms with Gasteiger partial charge >= 0.3 is 0 Å². The van der Waals surface area contributed by atoms with Crippen molar-refractivity contribution < 1.29 is 4.79 Å². The first-order valence-electron chi connectivity index (χ1n) is 7.77. The number of likely N-dealkylation sites (N-methyl/N-ethyl adjacent to an activating group) is 1. The normalized spacial score (nSPS) is 10.5. The van der Waals surface area contributed by atoms with Crippen molar-refractivity contribution in [1.82, 2.24) is 29.6 Å². The first-order valence-corrected chi connectivity index (χ1v) is 7.77. The summed E-state index contributed by atoms with van der Waals surface area (Å²) < 4.78 is 1.80. The number of hydrogen-bond acceptors (Lipinski definition) is 5. The van der Waals surface area contributed by atoms with E-state index in [1.165, 1.54) is 0 Å². The van der Waals surface area contributed by atoms with E-state index < -0.39 is 0 Å². The molecule has 0 saturated carbocycles. The van der Waals surface area contributed by atoms with Crippen LogP contribution in [0.1, 0.15) is 17.3 Å². The Kier molecular flexibility index (Phi) is 4.90. The molecule has 3 aromatic heterocycles. The lowest BCUT2D eigenvalue weighted by Gasteiger charge is -2.20. The highest BCUT2D eigenvalue weighted by Crippen LogP contribution is 2.12. The van der Waals surface area contributed by atoms with Gasteiger partial charge in [-0.3, -0.25) is 14.5 Å². The second kappa shape index (κ2) is 7.45. The van der Waals surface area contributed by atoms with Crippen LogP contribution < -0.4 is 0 Å². The Hall–Kier alpha value is -3.09. The number of rotatable bonds is 6. The smallest absolute Gasteiger partial charge is 0.257 e. The van der Waals surface area contributed by atoms with Crippen molar-refractivity contribution in [2.75, 3.05) is 13.1 Å². The molecule has 3 heterocycles. The van der Waals surface area contributed by atoms with Crippen LogP contribution in [-0.4, -0.2) is 48.6 Å². The molecule has 7 heteroatoms. The van der Waals surface area contributed by atoms with Crippen molar-refractivity contribution in [3.8, 4) is 11.4 Å². The Morgan fingerprint density at radius 3 is 2.62 bits per heavy atom. The Labute approximate surface area is 140 Å². The van der Waals surface area contributed by atoms with Gasteiger partial charge < -0.3 is 4.90 Å². The van der Waals surface area contributed by atoms with Crippen LogP contribution in [0.2, 0.25) is 0 Å². The lowest BCUT2D eigenvalue weighted by Crippen LogP contribution is -2.34. The first-order chi connectivity index (χ1) is 11.8. The number of hydrogen-bond donors (Lipinski definition) is 0. The molecule has 1 amide bonds. The molecule has 0 aromatic carbocycles. The van der Waals surface area contributed by atoms with Gasteiger partial charge in [-0.05, 0) is 25.1 Å². The second-order valence-electron chi connectivity index (χ2n) is 5.19. The molecule has 24 heavy (non-hydrogen) atoms. The highest BCUT2D eigenvalue weighted by Gasteiger charge is 2.15. The number of nitrogens with zero attached hydrogens (tertiary/aromatic N) is 6. The van der Waals surface area contributed by atoms with Gasteiger partial charge in [-0.15, -0.1) is 0 Å². The molecule has 0 saturated heterocycles. The fourth-order valence-corrected chi connectivity index (χ4v) is 2.32. The van der Waals surface area contributed by atoms with E-state index in [1.807, 2.05) is 31.3 Å². The van der Waals surface area contributed by atoms with Crippen molar-refractivity contribution in [2.45, 2.75) is 13.5 Å². The Balaban J connectivity index is 1.69. The second-order valence-corrected chi connectivity index (χ2v) is 5.19. The fraction of sp³-hybridized carbons (Fsp3) is 0.235. The Bertz CT molecular complexity index is 771. The molecule has 0 N–H and O–H groups in total. The topological polar surface area (TPSA) is 76.8 Å². The third-order valence-corrected chi connectivity index (χ3v) is 3.65. The first kappa shape index (κ1) is 15.8. The van der Waals surface area contributed by atoms with Crippen LogP contribution in [0.4, 0.5) is 0 Å². The van der Waals surface area contributed by atoms with Crippen LogP contribution in [0.3, 0.4) is 0 Å². The molecule has 0 aliphatic heterocycles. The molecule has 0 spiro atoms. The molecule has 122 valence electrons. The molecule has 0 atom stereocenters. The van der Waals surface area contributed by atoms with Crippen LogP contribution >= 0.6 is 0 Å². The lowest BCUT2D eigenvalue weighted by atomic mass is 10.2. The van der Waals surface area contributed by atoms with Crippen LogP contribution in [0.15, 0.2) is 55.4 Å². The van der Waals surface area contributed by atoms with E-state index >= 15 is 0 Å². The summed E-state index contributed by atoms with van der Waals surface area (Å²) in [7, 11) is 0. The van der Waals surface area contributed by atoms with E-state index in [2.05, 4.69) is 20.1 Å². The molecule has 0 bridgehead atoms. The highest BCUT2D eigenvalue weighted by atomic mass is 16.2. The van der Waals surface area contributed by atoms with Gasteiger partial charge in [0.2, 0.25) is 0 Å². The monoisotopic (exact) mass is 322 g/mol. The molecule has 7 nitrogen and oxygen atoms in total. The lowest BCUT2D eigenvalue weighted by molar-refractivity contribution is 0.0756. The third kappa shape index (κ3) is 3.62. The minimum absolute atomic E-state index is 0.0811. The summed E-state index contributed by atoms with van der Waals surface area (Å²) in [6, 6.07) is 5.57. The van der Waals surface area contributed by atoms with Crippen molar-refractivity contribution in [3.05, 3.63) is 60.9 Å². The predicted molar refractivity (Wildman–Crippen MR) is 89.1 cm³/mol. The van der Waals surface area contributed by atoms with E-state index in [-0.39, 0.29) is 5.91 Å². The third-order valence-electron chi connectivity index (χ3n) is 3.65. The van der Waals surface area contributed by atoms with Crippen LogP contribution in [0.25, 0.3) is 11.4 Å². The number of amides is 1. The van der Waals surface area contributed by atoms with Gasteiger partial charge in [0.25, 0.3) is 5.91 Å². The number of carbonyl (C=O) groups excluding carboxylic acids is 1. The fourth-order valence-electron chi connectivity index (χ4n) is 2.32. The number of aromatic nitrogens is 5. The summed E-state index contributed by atoms with van der Waals surface area (Å²) in [5.41, 5.74) is 1.30. The van der Waals surface area contributed by atoms with Crippen LogP contribution in [0, 0.1) is 0 Å². The summed E-state index contributed by atoms with van der Waals surface area (Å²) in [6.07, 6.45) is 10.1. The van der Waals surface area contributed by atoms with Gasteiger partial charge in [-0.1, -0.05) is 0 Å². The predicted octanol–water partition coefficient (Wildman–Crippen LogP) is 1.90. The van der Waals surface area contributed by atoms with Crippen LogP contribution in [-0.2, 0) is 6.54 Å². The van der Waals surface area contributed by atoms with Crippen LogP contribution in [0.5, 0.6) is 0 Å². The largest absolute Gasteiger partial charge is 0.337 e. The van der Waals surface area contributed by atoms with Gasteiger partial charge in [0.1, 0.15) is 0 Å². The van der Waals surface area contributed by atoms with Crippen molar-refractivity contribution in [2.24, 2.45) is 0 Å². The maximum absolute atomic E-state index is 12.6. The van der Waals surface area contributed by atoms with Crippen molar-refractivity contribution in [1.29, 1.82) is 0 Å². The zero-order chi connectivity index (χ0) is 16.8. The van der Waals surface area contributed by atoms with Crippen molar-refractivity contribution in [3.63, 3.8) is 0 Å². The molecule has 3 aromatic rings. The molecule has 0 aliphatic rings. The zero-order valence-electron chi connectivity index (χ0n) is 13.4. The van der Waals surface area contributed by atoms with E-state index in [4.69, 9.17) is 0 Å². The standard InChI is InChI=1S/C17H18N6O/c1-2-22(9-10-23-8-4-7-21-23)17(24)15-12-19-16(20-13-15)14-5-3-6-18-11-14/h3-8,11-13H,2,9-10H2,1H3. The van der Waals surface area contributed by atoms with Crippen molar-refractivity contribution >= 4 is 5.91 Å². The highest BCUT2D eigenvalue weighted by molar-refractivity contribution is 5.93. The summed E-state index contributed by atoms with van der Waals surface area (Å²) >= 11 is 0. The summed E-state index contributed by atoms with van der Waals surface area (Å²) in [5.74, 6) is 0.474. The van der Waals surface area contributed by atoms with E-state index in [9.17, 15) is 4.79 Å². The quantitative estimate of drug-likeness (QED) is 0.693. The van der Waals surface area contributed by atoms with Gasteiger partial charge in [-0.2, -0.15) is 5.10 Å². The molecule has 0 aliphatic carbocycles. The van der Waals surface area contributed by atoms with Gasteiger partial charge in [0.05, 0.1) is 12.1 Å².